The van der Waals surface area contributed by atoms with Gasteiger partial charge in [0, 0.05) is 5.03 Å². The highest BCUT2D eigenvalue weighted by Crippen LogP contribution is 2.15. The maximum atomic E-state index is 10.6. The molecule has 0 aliphatic heterocycles. The summed E-state index contributed by atoms with van der Waals surface area (Å²) in [4.78, 5) is 14.1. The van der Waals surface area contributed by atoms with E-state index >= 15 is 0 Å². The van der Waals surface area contributed by atoms with Gasteiger partial charge >= 0.3 is 5.97 Å². The zero-order valence-corrected chi connectivity index (χ0v) is 6.67. The molecule has 0 heterocycles. The van der Waals surface area contributed by atoms with Crippen LogP contribution in [0.4, 0.5) is 0 Å². The lowest BCUT2D eigenvalue weighted by molar-refractivity contribution is -0.237. The Morgan fingerprint density at radius 1 is 1.82 bits per heavy atom. The number of allylic oxidation sites excluding steroid dienone is 1. The highest BCUT2D eigenvalue weighted by atomic mass is 35.5. The predicted molar refractivity (Wildman–Crippen MR) is 42.0 cm³/mol. The molecule has 0 aromatic rings. The molecule has 0 radical (unpaired) electrons. The minimum Gasteiger partial charge on any atom is -0.300 e. The lowest BCUT2D eigenvalue weighted by atomic mass is 10.1. The molecule has 0 saturated heterocycles. The van der Waals surface area contributed by atoms with Crippen LogP contribution >= 0.6 is 11.6 Å². The van der Waals surface area contributed by atoms with E-state index in [4.69, 9.17) is 16.9 Å². The van der Waals surface area contributed by atoms with Crippen molar-refractivity contribution in [1.82, 2.24) is 0 Å². The number of hydrogen-bond acceptors (Lipinski definition) is 3. The molecule has 11 heavy (non-hydrogen) atoms. The molecule has 1 N–H and O–H groups in total. The van der Waals surface area contributed by atoms with Crippen molar-refractivity contribution in [3.63, 3.8) is 0 Å². The first-order valence-corrected chi connectivity index (χ1v) is 3.30. The molecule has 0 aromatic heterocycles. The van der Waals surface area contributed by atoms with Gasteiger partial charge in [-0.1, -0.05) is 24.3 Å². The van der Waals surface area contributed by atoms with Crippen LogP contribution < -0.4 is 0 Å². The van der Waals surface area contributed by atoms with Gasteiger partial charge in [-0.3, -0.25) is 0 Å². The minimum absolute atomic E-state index is 0.227. The molecule has 0 spiro atoms. The fraction of sp³-hybridized carbons (Fsp3) is 0.286. The highest BCUT2D eigenvalue weighted by molar-refractivity contribution is 6.29. The molecule has 0 aromatic carbocycles. The van der Waals surface area contributed by atoms with Gasteiger partial charge < -0.3 is 4.89 Å². The number of carbonyl (C=O) groups excluding carboxylic acids is 1. The van der Waals surface area contributed by atoms with Crippen molar-refractivity contribution in [3.8, 4) is 0 Å². The largest absolute Gasteiger partial charge is 0.349 e. The Hall–Kier alpha value is -0.800. The molecule has 0 rings (SSSR count). The Kier molecular flexibility index (Phi) is 4.57. The second-order valence-electron chi connectivity index (χ2n) is 1.97. The van der Waals surface area contributed by atoms with Gasteiger partial charge in [-0.15, -0.1) is 6.58 Å². The standard InChI is InChI=1S/C7H9ClO3/c1-3-6(4-5(2)8)7(9)11-10/h3,6,10H,1-2,4H2. The van der Waals surface area contributed by atoms with Gasteiger partial charge in [0.2, 0.25) is 0 Å². The molecule has 4 heteroatoms. The third-order valence-electron chi connectivity index (χ3n) is 1.12. The molecule has 0 bridgehead atoms. The van der Waals surface area contributed by atoms with Crippen LogP contribution in [-0.2, 0) is 9.68 Å². The van der Waals surface area contributed by atoms with E-state index in [1.807, 2.05) is 0 Å². The van der Waals surface area contributed by atoms with Crippen LogP contribution in [0.5, 0.6) is 0 Å². The van der Waals surface area contributed by atoms with Crippen molar-refractivity contribution < 1.29 is 14.9 Å². The second kappa shape index (κ2) is 4.93. The minimum atomic E-state index is -0.776. The zero-order valence-electron chi connectivity index (χ0n) is 5.92. The molecular weight excluding hydrogens is 168 g/mol. The van der Waals surface area contributed by atoms with Crippen molar-refractivity contribution >= 4 is 17.6 Å². The third kappa shape index (κ3) is 3.80. The Morgan fingerprint density at radius 2 is 2.36 bits per heavy atom. The van der Waals surface area contributed by atoms with E-state index in [1.54, 1.807) is 0 Å². The van der Waals surface area contributed by atoms with Crippen molar-refractivity contribution in [3.05, 3.63) is 24.3 Å². The number of carbonyl (C=O) groups is 1. The van der Waals surface area contributed by atoms with E-state index in [9.17, 15) is 4.79 Å². The summed E-state index contributed by atoms with van der Waals surface area (Å²) in [6, 6.07) is 0. The fourth-order valence-corrected chi connectivity index (χ4v) is 0.735. The van der Waals surface area contributed by atoms with Crippen molar-refractivity contribution in [2.75, 3.05) is 0 Å². The van der Waals surface area contributed by atoms with E-state index in [1.165, 1.54) is 6.08 Å². The summed E-state index contributed by atoms with van der Waals surface area (Å²) in [5.74, 6) is -1.40. The van der Waals surface area contributed by atoms with Gasteiger partial charge in [0.25, 0.3) is 0 Å². The first-order valence-electron chi connectivity index (χ1n) is 2.93. The molecule has 0 saturated carbocycles. The average Bonchev–Trinajstić information content (AvgIpc) is 1.98. The van der Waals surface area contributed by atoms with E-state index in [0.717, 1.165) is 0 Å². The quantitative estimate of drug-likeness (QED) is 0.405. The maximum Gasteiger partial charge on any atom is 0.349 e. The molecular formula is C7H9ClO3. The Morgan fingerprint density at radius 3 is 2.64 bits per heavy atom. The van der Waals surface area contributed by atoms with Crippen LogP contribution in [0.1, 0.15) is 6.42 Å². The van der Waals surface area contributed by atoms with Crippen molar-refractivity contribution in [1.29, 1.82) is 0 Å². The summed E-state index contributed by atoms with van der Waals surface area (Å²) in [5.41, 5.74) is 0. The lowest BCUT2D eigenvalue weighted by Gasteiger charge is -2.05. The first-order chi connectivity index (χ1) is 5.11. The first kappa shape index (κ1) is 10.2. The van der Waals surface area contributed by atoms with E-state index in [-0.39, 0.29) is 6.42 Å². The lowest BCUT2D eigenvalue weighted by Crippen LogP contribution is -2.13. The smallest absolute Gasteiger partial charge is 0.300 e. The highest BCUT2D eigenvalue weighted by Gasteiger charge is 2.16. The molecule has 0 amide bonds. The SMILES string of the molecule is C=CC(CC(=C)Cl)C(=O)OO. The van der Waals surface area contributed by atoms with Gasteiger partial charge in [0.1, 0.15) is 0 Å². The van der Waals surface area contributed by atoms with Gasteiger partial charge in [0.05, 0.1) is 5.92 Å². The molecule has 3 nitrogen and oxygen atoms in total. The van der Waals surface area contributed by atoms with Crippen LogP contribution in [0.3, 0.4) is 0 Å². The molecule has 62 valence electrons. The summed E-state index contributed by atoms with van der Waals surface area (Å²) in [6.07, 6.45) is 1.57. The summed E-state index contributed by atoms with van der Waals surface area (Å²) >= 11 is 5.42. The monoisotopic (exact) mass is 176 g/mol. The number of rotatable bonds is 4. The second-order valence-corrected chi connectivity index (χ2v) is 2.51. The van der Waals surface area contributed by atoms with Crippen LogP contribution in [0.25, 0.3) is 0 Å². The number of hydrogen-bond donors (Lipinski definition) is 1. The average molecular weight is 177 g/mol. The Balaban J connectivity index is 4.05. The number of halogens is 1. The van der Waals surface area contributed by atoms with Gasteiger partial charge in [0.15, 0.2) is 0 Å². The molecule has 0 aliphatic carbocycles. The molecule has 0 aliphatic rings. The van der Waals surface area contributed by atoms with E-state index in [0.29, 0.717) is 5.03 Å². The predicted octanol–water partition coefficient (Wildman–Crippen LogP) is 1.95. The normalized spacial score (nSPS) is 11.8. The summed E-state index contributed by atoms with van der Waals surface area (Å²) < 4.78 is 0. The molecule has 1 unspecified atom stereocenters. The van der Waals surface area contributed by atoms with Gasteiger partial charge in [-0.25, -0.2) is 4.79 Å². The van der Waals surface area contributed by atoms with Crippen LogP contribution in [0.2, 0.25) is 0 Å². The van der Waals surface area contributed by atoms with E-state index < -0.39 is 11.9 Å². The summed E-state index contributed by atoms with van der Waals surface area (Å²) in [5, 5.41) is 8.30. The summed E-state index contributed by atoms with van der Waals surface area (Å²) in [6.45, 7) is 6.76. The maximum absolute atomic E-state index is 10.6. The van der Waals surface area contributed by atoms with Crippen molar-refractivity contribution in [2.45, 2.75) is 6.42 Å². The summed E-state index contributed by atoms with van der Waals surface area (Å²) in [7, 11) is 0. The topological polar surface area (TPSA) is 46.5 Å². The van der Waals surface area contributed by atoms with Crippen LogP contribution in [0.15, 0.2) is 24.3 Å². The van der Waals surface area contributed by atoms with E-state index in [2.05, 4.69) is 18.0 Å². The zero-order chi connectivity index (χ0) is 8.85. The Bertz CT molecular complexity index is 177. The Labute approximate surface area is 69.9 Å². The van der Waals surface area contributed by atoms with Crippen LogP contribution in [-0.4, -0.2) is 11.2 Å². The van der Waals surface area contributed by atoms with Crippen molar-refractivity contribution in [2.24, 2.45) is 5.92 Å². The van der Waals surface area contributed by atoms with Gasteiger partial charge in [-0.2, -0.15) is 5.26 Å². The van der Waals surface area contributed by atoms with Crippen LogP contribution in [0, 0.1) is 5.92 Å². The fourth-order valence-electron chi connectivity index (χ4n) is 0.569. The molecule has 1 atom stereocenters. The van der Waals surface area contributed by atoms with Gasteiger partial charge in [-0.05, 0) is 6.42 Å². The molecule has 0 fully saturated rings. The third-order valence-corrected chi connectivity index (χ3v) is 1.27.